The Morgan fingerprint density at radius 2 is 2.18 bits per heavy atom. The third-order valence-corrected chi connectivity index (χ3v) is 3.74. The number of carbonyl (C=O) groups is 1. The van der Waals surface area contributed by atoms with Crippen LogP contribution >= 0.6 is 0 Å². The van der Waals surface area contributed by atoms with Gasteiger partial charge in [0.2, 0.25) is 0 Å². The molecule has 2 N–H and O–H groups in total. The summed E-state index contributed by atoms with van der Waals surface area (Å²) in [6.07, 6.45) is 3.99. The normalized spacial score (nSPS) is 19.9. The lowest BCUT2D eigenvalue weighted by Gasteiger charge is -2.25. The van der Waals surface area contributed by atoms with E-state index in [0.717, 1.165) is 12.0 Å². The topological polar surface area (TPSA) is 77.7 Å². The molecule has 1 amide bonds. The lowest BCUT2D eigenvalue weighted by Crippen LogP contribution is -2.36. The summed E-state index contributed by atoms with van der Waals surface area (Å²) in [6.45, 7) is 6.88. The Bertz CT molecular complexity index is 528. The first kappa shape index (κ1) is 16.5. The highest BCUT2D eigenvalue weighted by molar-refractivity contribution is 5.68. The van der Waals surface area contributed by atoms with Crippen molar-refractivity contribution < 1.29 is 14.3 Å². The van der Waals surface area contributed by atoms with E-state index in [1.807, 2.05) is 26.8 Å². The number of hydrogen-bond donors (Lipinski definition) is 1. The number of hydrogen-bond acceptors (Lipinski definition) is 5. The Morgan fingerprint density at radius 3 is 2.82 bits per heavy atom. The molecule has 0 bridgehead atoms. The molecule has 0 aliphatic carbocycles. The van der Waals surface area contributed by atoms with E-state index in [1.54, 1.807) is 24.4 Å². The molecule has 1 saturated heterocycles. The van der Waals surface area contributed by atoms with E-state index in [4.69, 9.17) is 15.2 Å². The van der Waals surface area contributed by atoms with Gasteiger partial charge in [-0.15, -0.1) is 0 Å². The van der Waals surface area contributed by atoms with Gasteiger partial charge in [0.25, 0.3) is 0 Å². The fourth-order valence-electron chi connectivity index (χ4n) is 2.57. The highest BCUT2D eigenvalue weighted by atomic mass is 16.6. The number of pyridine rings is 1. The van der Waals surface area contributed by atoms with Gasteiger partial charge in [0, 0.05) is 25.3 Å². The summed E-state index contributed by atoms with van der Waals surface area (Å²) in [5.41, 5.74) is 6.79. The Hall–Kier alpha value is -1.82. The maximum Gasteiger partial charge on any atom is 0.410 e. The first-order valence-corrected chi connectivity index (χ1v) is 7.52. The molecule has 2 rings (SSSR count). The number of nitrogens with zero attached hydrogens (tertiary/aromatic N) is 2. The van der Waals surface area contributed by atoms with Crippen LogP contribution in [0.3, 0.4) is 0 Å². The van der Waals surface area contributed by atoms with Crippen molar-refractivity contribution in [2.24, 2.45) is 11.7 Å². The minimum absolute atomic E-state index is 0.171. The smallest absolute Gasteiger partial charge is 0.410 e. The molecule has 0 spiro atoms. The van der Waals surface area contributed by atoms with Gasteiger partial charge in [0.15, 0.2) is 0 Å². The summed E-state index contributed by atoms with van der Waals surface area (Å²) >= 11 is 0. The Kier molecular flexibility index (Phi) is 4.90. The van der Waals surface area contributed by atoms with Gasteiger partial charge in [-0.05, 0) is 44.7 Å². The van der Waals surface area contributed by atoms with Gasteiger partial charge in [-0.25, -0.2) is 4.79 Å². The number of ether oxygens (including phenoxy) is 2. The van der Waals surface area contributed by atoms with E-state index in [1.165, 1.54) is 0 Å². The molecular formula is C16H25N3O3. The molecule has 22 heavy (non-hydrogen) atoms. The third kappa shape index (κ3) is 4.10. The highest BCUT2D eigenvalue weighted by Gasteiger charge is 2.33. The SMILES string of the molecule is COc1cncc(C(N)C2CCN(C(=O)OC(C)(C)C)C2)c1. The van der Waals surface area contributed by atoms with Crippen LogP contribution in [-0.4, -0.2) is 41.8 Å². The van der Waals surface area contributed by atoms with Gasteiger partial charge >= 0.3 is 6.09 Å². The monoisotopic (exact) mass is 307 g/mol. The number of amides is 1. The van der Waals surface area contributed by atoms with Gasteiger partial charge in [0.05, 0.1) is 13.3 Å². The van der Waals surface area contributed by atoms with Crippen LogP contribution < -0.4 is 10.5 Å². The summed E-state index contributed by atoms with van der Waals surface area (Å²) in [6, 6.07) is 1.73. The molecule has 0 aromatic carbocycles. The number of carbonyl (C=O) groups excluding carboxylic acids is 1. The van der Waals surface area contributed by atoms with Crippen LogP contribution in [0.4, 0.5) is 4.79 Å². The second kappa shape index (κ2) is 6.52. The fraction of sp³-hybridized carbons (Fsp3) is 0.625. The van der Waals surface area contributed by atoms with Gasteiger partial charge in [-0.3, -0.25) is 4.98 Å². The zero-order chi connectivity index (χ0) is 16.3. The lowest BCUT2D eigenvalue weighted by atomic mass is 9.94. The second-order valence-corrected chi connectivity index (χ2v) is 6.66. The molecule has 122 valence electrons. The number of methoxy groups -OCH3 is 1. The van der Waals surface area contributed by atoms with Gasteiger partial charge in [-0.1, -0.05) is 0 Å². The summed E-state index contributed by atoms with van der Waals surface area (Å²) in [4.78, 5) is 18.0. The largest absolute Gasteiger partial charge is 0.495 e. The molecule has 1 aliphatic rings. The molecule has 1 fully saturated rings. The Labute approximate surface area is 131 Å². The van der Waals surface area contributed by atoms with Crippen LogP contribution in [-0.2, 0) is 4.74 Å². The van der Waals surface area contributed by atoms with E-state index in [9.17, 15) is 4.79 Å². The average Bonchev–Trinajstić information content (AvgIpc) is 2.94. The third-order valence-electron chi connectivity index (χ3n) is 3.74. The molecule has 1 aliphatic heterocycles. The molecule has 2 heterocycles. The van der Waals surface area contributed by atoms with E-state index in [2.05, 4.69) is 4.98 Å². The first-order valence-electron chi connectivity index (χ1n) is 7.52. The second-order valence-electron chi connectivity index (χ2n) is 6.66. The molecule has 2 atom stereocenters. The maximum atomic E-state index is 12.1. The van der Waals surface area contributed by atoms with Crippen LogP contribution in [0.5, 0.6) is 5.75 Å². The molecule has 6 nitrogen and oxygen atoms in total. The molecule has 1 aromatic heterocycles. The van der Waals surface area contributed by atoms with Crippen LogP contribution in [0, 0.1) is 5.92 Å². The number of nitrogens with two attached hydrogens (primary N) is 1. The van der Waals surface area contributed by atoms with Crippen molar-refractivity contribution >= 4 is 6.09 Å². The van der Waals surface area contributed by atoms with E-state index in [-0.39, 0.29) is 18.1 Å². The van der Waals surface area contributed by atoms with Crippen molar-refractivity contribution in [3.63, 3.8) is 0 Å². The van der Waals surface area contributed by atoms with Crippen LogP contribution in [0.25, 0.3) is 0 Å². The quantitative estimate of drug-likeness (QED) is 0.927. The van der Waals surface area contributed by atoms with Crippen LogP contribution in [0.1, 0.15) is 38.8 Å². The highest BCUT2D eigenvalue weighted by Crippen LogP contribution is 2.30. The molecule has 0 saturated carbocycles. The zero-order valence-electron chi connectivity index (χ0n) is 13.7. The molecule has 1 aromatic rings. The predicted molar refractivity (Wildman–Crippen MR) is 83.6 cm³/mol. The van der Waals surface area contributed by atoms with Crippen LogP contribution in [0.2, 0.25) is 0 Å². The Morgan fingerprint density at radius 1 is 1.45 bits per heavy atom. The van der Waals surface area contributed by atoms with Crippen molar-refractivity contribution in [1.29, 1.82) is 0 Å². The summed E-state index contributed by atoms with van der Waals surface area (Å²) < 4.78 is 10.6. The summed E-state index contributed by atoms with van der Waals surface area (Å²) in [5, 5.41) is 0. The number of aromatic nitrogens is 1. The first-order chi connectivity index (χ1) is 10.3. The fourth-order valence-corrected chi connectivity index (χ4v) is 2.57. The van der Waals surface area contributed by atoms with Crippen molar-refractivity contribution in [3.05, 3.63) is 24.0 Å². The van der Waals surface area contributed by atoms with Crippen molar-refractivity contribution in [2.45, 2.75) is 38.8 Å². The Balaban J connectivity index is 1.98. The minimum atomic E-state index is -0.478. The van der Waals surface area contributed by atoms with E-state index >= 15 is 0 Å². The van der Waals surface area contributed by atoms with Crippen LogP contribution in [0.15, 0.2) is 18.5 Å². The number of likely N-dealkylation sites (tertiary alicyclic amines) is 1. The van der Waals surface area contributed by atoms with Crippen molar-refractivity contribution in [1.82, 2.24) is 9.88 Å². The standard InChI is InChI=1S/C16H25N3O3/c1-16(2,3)22-15(20)19-6-5-11(10-19)14(17)12-7-13(21-4)9-18-8-12/h7-9,11,14H,5-6,10,17H2,1-4H3. The van der Waals surface area contributed by atoms with Crippen molar-refractivity contribution in [2.75, 3.05) is 20.2 Å². The summed E-state index contributed by atoms with van der Waals surface area (Å²) in [7, 11) is 1.60. The molecule has 2 unspecified atom stereocenters. The van der Waals surface area contributed by atoms with E-state index < -0.39 is 5.60 Å². The maximum absolute atomic E-state index is 12.1. The summed E-state index contributed by atoms with van der Waals surface area (Å²) in [5.74, 6) is 0.886. The van der Waals surface area contributed by atoms with Gasteiger partial charge in [0.1, 0.15) is 11.4 Å². The van der Waals surface area contributed by atoms with Crippen molar-refractivity contribution in [3.8, 4) is 5.75 Å². The molecular weight excluding hydrogens is 282 g/mol. The lowest BCUT2D eigenvalue weighted by molar-refractivity contribution is 0.0286. The molecule has 0 radical (unpaired) electrons. The number of rotatable bonds is 3. The van der Waals surface area contributed by atoms with E-state index in [0.29, 0.717) is 18.8 Å². The molecule has 6 heteroatoms. The average molecular weight is 307 g/mol. The zero-order valence-corrected chi connectivity index (χ0v) is 13.7. The van der Waals surface area contributed by atoms with Gasteiger partial charge in [-0.2, -0.15) is 0 Å². The minimum Gasteiger partial charge on any atom is -0.495 e. The van der Waals surface area contributed by atoms with Gasteiger partial charge < -0.3 is 20.1 Å². The predicted octanol–water partition coefficient (Wildman–Crippen LogP) is 2.35.